The molecular weight excluding hydrogens is 450 g/mol. The summed E-state index contributed by atoms with van der Waals surface area (Å²) in [5.41, 5.74) is 5.52. The standard InChI is InChI=1S/C30H31N3O3/c1-35-28-15-8-12-23(30(28)36-2)25(24-18-32-27-14-6-4-11-22(24)27)19-33-29(34)16-7-9-20-17-31-26-13-5-3-10-21(20)26/h3-6,8,10-15,17-18,25,31-32H,7,9,16,19H2,1-2H3,(H,33,34). The molecule has 5 aromatic rings. The van der Waals surface area contributed by atoms with Gasteiger partial charge in [-0.2, -0.15) is 0 Å². The summed E-state index contributed by atoms with van der Waals surface area (Å²) in [6.07, 6.45) is 6.18. The van der Waals surface area contributed by atoms with Crippen LogP contribution in [0.5, 0.6) is 11.5 Å². The molecule has 184 valence electrons. The maximum atomic E-state index is 12.9. The SMILES string of the molecule is COc1cccc(C(CNC(=O)CCCc2c[nH]c3ccccc23)c2c[nH]c3ccccc23)c1OC. The second-order valence-corrected chi connectivity index (χ2v) is 8.94. The number of aromatic amines is 2. The zero-order chi connectivity index (χ0) is 24.9. The van der Waals surface area contributed by atoms with E-state index in [4.69, 9.17) is 9.47 Å². The predicted molar refractivity (Wildman–Crippen MR) is 144 cm³/mol. The minimum Gasteiger partial charge on any atom is -0.493 e. The van der Waals surface area contributed by atoms with Gasteiger partial charge in [-0.1, -0.05) is 48.5 Å². The van der Waals surface area contributed by atoms with Gasteiger partial charge in [-0.05, 0) is 42.2 Å². The van der Waals surface area contributed by atoms with E-state index in [9.17, 15) is 4.79 Å². The van der Waals surface area contributed by atoms with Gasteiger partial charge in [0.05, 0.1) is 14.2 Å². The van der Waals surface area contributed by atoms with Crippen LogP contribution in [0.2, 0.25) is 0 Å². The Bertz CT molecular complexity index is 1480. The number of hydrogen-bond donors (Lipinski definition) is 3. The van der Waals surface area contributed by atoms with Gasteiger partial charge < -0.3 is 24.8 Å². The molecule has 0 spiro atoms. The normalized spacial score (nSPS) is 12.1. The fourth-order valence-corrected chi connectivity index (χ4v) is 5.04. The molecule has 5 rings (SSSR count). The largest absolute Gasteiger partial charge is 0.493 e. The number of nitrogens with one attached hydrogen (secondary N) is 3. The molecule has 0 aliphatic rings. The molecule has 0 fully saturated rings. The summed E-state index contributed by atoms with van der Waals surface area (Å²) in [6.45, 7) is 0.456. The Hall–Kier alpha value is -4.19. The lowest BCUT2D eigenvalue weighted by Gasteiger charge is -2.22. The third kappa shape index (κ3) is 4.67. The van der Waals surface area contributed by atoms with Crippen LogP contribution in [0.15, 0.2) is 79.1 Å². The van der Waals surface area contributed by atoms with Crippen molar-refractivity contribution in [2.45, 2.75) is 25.2 Å². The van der Waals surface area contributed by atoms with Crippen LogP contribution in [0.1, 0.15) is 35.4 Å². The first kappa shape index (κ1) is 23.5. The third-order valence-corrected chi connectivity index (χ3v) is 6.83. The van der Waals surface area contributed by atoms with Crippen LogP contribution in [0, 0.1) is 0 Å². The quantitative estimate of drug-likeness (QED) is 0.231. The molecule has 6 heteroatoms. The fourth-order valence-electron chi connectivity index (χ4n) is 5.04. The molecular formula is C30H31N3O3. The second kappa shape index (κ2) is 10.6. The number of amides is 1. The fraction of sp³-hybridized carbons (Fsp3) is 0.233. The van der Waals surface area contributed by atoms with E-state index in [-0.39, 0.29) is 11.8 Å². The van der Waals surface area contributed by atoms with Crippen LogP contribution in [0.4, 0.5) is 0 Å². The number of carbonyl (C=O) groups is 1. The lowest BCUT2D eigenvalue weighted by Crippen LogP contribution is -2.29. The maximum absolute atomic E-state index is 12.9. The van der Waals surface area contributed by atoms with E-state index in [0.29, 0.717) is 24.5 Å². The summed E-state index contributed by atoms with van der Waals surface area (Å²) in [5, 5.41) is 5.53. The van der Waals surface area contributed by atoms with Crippen molar-refractivity contribution in [3.8, 4) is 11.5 Å². The van der Waals surface area contributed by atoms with Crippen LogP contribution < -0.4 is 14.8 Å². The number of carbonyl (C=O) groups excluding carboxylic acids is 1. The Labute approximate surface area is 210 Å². The van der Waals surface area contributed by atoms with Crippen LogP contribution in [0.25, 0.3) is 21.8 Å². The number of hydrogen-bond acceptors (Lipinski definition) is 3. The second-order valence-electron chi connectivity index (χ2n) is 8.94. The summed E-state index contributed by atoms with van der Waals surface area (Å²) < 4.78 is 11.3. The first-order valence-electron chi connectivity index (χ1n) is 12.3. The molecule has 6 nitrogen and oxygen atoms in total. The average Bonchev–Trinajstić information content (AvgIpc) is 3.53. The van der Waals surface area contributed by atoms with Crippen molar-refractivity contribution in [1.82, 2.24) is 15.3 Å². The number of methoxy groups -OCH3 is 2. The lowest BCUT2D eigenvalue weighted by atomic mass is 9.89. The van der Waals surface area contributed by atoms with Gasteiger partial charge in [0, 0.05) is 58.6 Å². The zero-order valence-corrected chi connectivity index (χ0v) is 20.6. The van der Waals surface area contributed by atoms with E-state index in [0.717, 1.165) is 40.4 Å². The van der Waals surface area contributed by atoms with Gasteiger partial charge in [-0.3, -0.25) is 4.79 Å². The van der Waals surface area contributed by atoms with Crippen LogP contribution in [-0.4, -0.2) is 36.6 Å². The van der Waals surface area contributed by atoms with Gasteiger partial charge in [0.1, 0.15) is 0 Å². The summed E-state index contributed by atoms with van der Waals surface area (Å²) in [4.78, 5) is 19.6. The predicted octanol–water partition coefficient (Wildman–Crippen LogP) is 5.94. The molecule has 0 aliphatic heterocycles. The highest BCUT2D eigenvalue weighted by Crippen LogP contribution is 2.40. The van der Waals surface area contributed by atoms with Gasteiger partial charge in [-0.25, -0.2) is 0 Å². The van der Waals surface area contributed by atoms with Crippen molar-refractivity contribution >= 4 is 27.7 Å². The van der Waals surface area contributed by atoms with Crippen molar-refractivity contribution in [3.63, 3.8) is 0 Å². The Balaban J connectivity index is 1.33. The van der Waals surface area contributed by atoms with E-state index in [1.807, 2.05) is 54.9 Å². The zero-order valence-electron chi connectivity index (χ0n) is 20.6. The monoisotopic (exact) mass is 481 g/mol. The molecule has 1 unspecified atom stereocenters. The summed E-state index contributed by atoms with van der Waals surface area (Å²) in [6, 6.07) is 22.4. The number of fused-ring (bicyclic) bond motifs is 2. The number of ether oxygens (including phenoxy) is 2. The first-order chi connectivity index (χ1) is 17.7. The highest BCUT2D eigenvalue weighted by atomic mass is 16.5. The summed E-state index contributed by atoms with van der Waals surface area (Å²) in [5.74, 6) is 1.29. The molecule has 1 atom stereocenters. The molecule has 36 heavy (non-hydrogen) atoms. The van der Waals surface area contributed by atoms with Gasteiger partial charge in [0.15, 0.2) is 11.5 Å². The Morgan fingerprint density at radius 1 is 0.833 bits per heavy atom. The summed E-state index contributed by atoms with van der Waals surface area (Å²) >= 11 is 0. The number of para-hydroxylation sites is 3. The molecule has 0 bridgehead atoms. The van der Waals surface area contributed by atoms with Crippen molar-refractivity contribution in [3.05, 3.63) is 95.8 Å². The summed E-state index contributed by atoms with van der Waals surface area (Å²) in [7, 11) is 3.29. The van der Waals surface area contributed by atoms with Crippen LogP contribution in [0.3, 0.4) is 0 Å². The highest BCUT2D eigenvalue weighted by Gasteiger charge is 2.24. The number of H-pyrrole nitrogens is 2. The van der Waals surface area contributed by atoms with E-state index >= 15 is 0 Å². The van der Waals surface area contributed by atoms with Gasteiger partial charge >= 0.3 is 0 Å². The molecule has 0 radical (unpaired) electrons. The van der Waals surface area contributed by atoms with Crippen molar-refractivity contribution in [2.24, 2.45) is 0 Å². The Kier molecular flexibility index (Phi) is 6.94. The third-order valence-electron chi connectivity index (χ3n) is 6.83. The lowest BCUT2D eigenvalue weighted by molar-refractivity contribution is -0.121. The van der Waals surface area contributed by atoms with Crippen molar-refractivity contribution in [1.29, 1.82) is 0 Å². The number of aromatic nitrogens is 2. The molecule has 2 heterocycles. The van der Waals surface area contributed by atoms with E-state index in [1.54, 1.807) is 14.2 Å². The van der Waals surface area contributed by atoms with Gasteiger partial charge in [0.2, 0.25) is 5.91 Å². The van der Waals surface area contributed by atoms with E-state index < -0.39 is 0 Å². The molecule has 1 amide bonds. The van der Waals surface area contributed by atoms with E-state index in [2.05, 4.69) is 39.6 Å². The van der Waals surface area contributed by atoms with Gasteiger partial charge in [-0.15, -0.1) is 0 Å². The van der Waals surface area contributed by atoms with Crippen LogP contribution in [-0.2, 0) is 11.2 Å². The Morgan fingerprint density at radius 3 is 2.33 bits per heavy atom. The number of benzene rings is 3. The number of rotatable bonds is 10. The molecule has 0 aliphatic carbocycles. The molecule has 2 aromatic heterocycles. The van der Waals surface area contributed by atoms with Crippen molar-refractivity contribution < 1.29 is 14.3 Å². The topological polar surface area (TPSA) is 79.1 Å². The van der Waals surface area contributed by atoms with E-state index in [1.165, 1.54) is 10.9 Å². The van der Waals surface area contributed by atoms with Gasteiger partial charge in [0.25, 0.3) is 0 Å². The highest BCUT2D eigenvalue weighted by molar-refractivity contribution is 5.85. The average molecular weight is 482 g/mol. The minimum atomic E-state index is -0.108. The smallest absolute Gasteiger partial charge is 0.220 e. The molecule has 3 N–H and O–H groups in total. The maximum Gasteiger partial charge on any atom is 0.220 e. The first-order valence-corrected chi connectivity index (χ1v) is 12.3. The molecule has 0 saturated carbocycles. The number of aryl methyl sites for hydroxylation is 1. The molecule has 0 saturated heterocycles. The Morgan fingerprint density at radius 2 is 1.56 bits per heavy atom. The minimum absolute atomic E-state index is 0.0431. The van der Waals surface area contributed by atoms with Crippen molar-refractivity contribution in [2.75, 3.05) is 20.8 Å². The molecule has 3 aromatic carbocycles. The van der Waals surface area contributed by atoms with Crippen LogP contribution >= 0.6 is 0 Å².